The topological polar surface area (TPSA) is 57.5 Å². The number of phenols is 2. The van der Waals surface area contributed by atoms with E-state index in [1.807, 2.05) is 19.1 Å². The largest absolute Gasteiger partial charge is 0.507 e. The molecule has 0 aliphatic heterocycles. The highest BCUT2D eigenvalue weighted by molar-refractivity contribution is 6.12. The SMILES string of the molecule is Cc1ccc(C(=O)c2c(O)cccc2O)cc1. The predicted molar refractivity (Wildman–Crippen MR) is 64.4 cm³/mol. The fourth-order valence-electron chi connectivity index (χ4n) is 1.61. The first kappa shape index (κ1) is 11.2. The summed E-state index contributed by atoms with van der Waals surface area (Å²) in [4.78, 5) is 12.1. The molecule has 0 atom stereocenters. The highest BCUT2D eigenvalue weighted by Gasteiger charge is 2.17. The standard InChI is InChI=1S/C14H12O3/c1-9-5-7-10(8-6-9)14(17)13-11(15)3-2-4-12(13)16/h2-8,15-16H,1H3. The number of carbonyl (C=O) groups is 1. The molecule has 0 amide bonds. The lowest BCUT2D eigenvalue weighted by molar-refractivity contribution is 0.103. The Morgan fingerprint density at radius 1 is 0.941 bits per heavy atom. The molecule has 2 aromatic carbocycles. The number of carbonyl (C=O) groups excluding carboxylic acids is 1. The van der Waals surface area contributed by atoms with Gasteiger partial charge in [-0.2, -0.15) is 0 Å². The third-order valence-corrected chi connectivity index (χ3v) is 2.56. The highest BCUT2D eigenvalue weighted by Crippen LogP contribution is 2.28. The fourth-order valence-corrected chi connectivity index (χ4v) is 1.61. The number of ketones is 1. The van der Waals surface area contributed by atoms with Crippen LogP contribution in [0.3, 0.4) is 0 Å². The van der Waals surface area contributed by atoms with Crippen LogP contribution in [0.1, 0.15) is 21.5 Å². The average molecular weight is 228 g/mol. The molecule has 17 heavy (non-hydrogen) atoms. The van der Waals surface area contributed by atoms with Gasteiger partial charge in [0, 0.05) is 5.56 Å². The molecule has 0 unspecified atom stereocenters. The summed E-state index contributed by atoms with van der Waals surface area (Å²) in [6.45, 7) is 1.92. The molecule has 0 saturated carbocycles. The molecule has 0 aromatic heterocycles. The van der Waals surface area contributed by atoms with Crippen molar-refractivity contribution < 1.29 is 15.0 Å². The van der Waals surface area contributed by atoms with Crippen molar-refractivity contribution in [1.29, 1.82) is 0 Å². The molecule has 0 heterocycles. The Labute approximate surface area is 99.0 Å². The fraction of sp³-hybridized carbons (Fsp3) is 0.0714. The number of hydrogen-bond donors (Lipinski definition) is 2. The Bertz CT molecular complexity index is 536. The maximum atomic E-state index is 12.1. The van der Waals surface area contributed by atoms with Gasteiger partial charge in [0.2, 0.25) is 0 Å². The van der Waals surface area contributed by atoms with Gasteiger partial charge in [-0.05, 0) is 19.1 Å². The second kappa shape index (κ2) is 4.29. The van der Waals surface area contributed by atoms with Crippen LogP contribution in [0.15, 0.2) is 42.5 Å². The van der Waals surface area contributed by atoms with Crippen molar-refractivity contribution in [1.82, 2.24) is 0 Å². The minimum Gasteiger partial charge on any atom is -0.507 e. The summed E-state index contributed by atoms with van der Waals surface area (Å²) >= 11 is 0. The van der Waals surface area contributed by atoms with E-state index in [0.29, 0.717) is 5.56 Å². The minimum absolute atomic E-state index is 0.0589. The van der Waals surface area contributed by atoms with Crippen molar-refractivity contribution in [3.05, 3.63) is 59.2 Å². The lowest BCUT2D eigenvalue weighted by atomic mass is 10.0. The third kappa shape index (κ3) is 2.13. The first-order valence-corrected chi connectivity index (χ1v) is 5.22. The maximum absolute atomic E-state index is 12.1. The zero-order valence-corrected chi connectivity index (χ0v) is 9.34. The van der Waals surface area contributed by atoms with Crippen LogP contribution in [0.4, 0.5) is 0 Å². The zero-order chi connectivity index (χ0) is 12.4. The molecule has 0 saturated heterocycles. The lowest BCUT2D eigenvalue weighted by Crippen LogP contribution is -2.02. The molecule has 2 aromatic rings. The van der Waals surface area contributed by atoms with Crippen LogP contribution in [-0.4, -0.2) is 16.0 Å². The van der Waals surface area contributed by atoms with Gasteiger partial charge in [-0.15, -0.1) is 0 Å². The molecule has 0 spiro atoms. The van der Waals surface area contributed by atoms with Crippen LogP contribution in [0.5, 0.6) is 11.5 Å². The third-order valence-electron chi connectivity index (χ3n) is 2.56. The molecule has 3 heteroatoms. The molecular formula is C14H12O3. The highest BCUT2D eigenvalue weighted by atomic mass is 16.3. The molecule has 2 rings (SSSR count). The number of rotatable bonds is 2. The van der Waals surface area contributed by atoms with Gasteiger partial charge in [-0.1, -0.05) is 35.9 Å². The molecule has 0 aliphatic carbocycles. The Morgan fingerprint density at radius 3 is 2.00 bits per heavy atom. The average Bonchev–Trinajstić information content (AvgIpc) is 2.29. The van der Waals surface area contributed by atoms with Gasteiger partial charge >= 0.3 is 0 Å². The summed E-state index contributed by atoms with van der Waals surface area (Å²) in [5.41, 5.74) is 1.42. The van der Waals surface area contributed by atoms with Gasteiger partial charge in [0.25, 0.3) is 0 Å². The van der Waals surface area contributed by atoms with Crippen molar-refractivity contribution >= 4 is 5.78 Å². The van der Waals surface area contributed by atoms with Crippen LogP contribution in [-0.2, 0) is 0 Å². The maximum Gasteiger partial charge on any atom is 0.200 e. The monoisotopic (exact) mass is 228 g/mol. The van der Waals surface area contributed by atoms with Gasteiger partial charge in [-0.25, -0.2) is 0 Å². The molecule has 86 valence electrons. The second-order valence-electron chi connectivity index (χ2n) is 3.87. The van der Waals surface area contributed by atoms with Gasteiger partial charge in [-0.3, -0.25) is 4.79 Å². The second-order valence-corrected chi connectivity index (χ2v) is 3.87. The van der Waals surface area contributed by atoms with Crippen LogP contribution in [0, 0.1) is 6.92 Å². The normalized spacial score (nSPS) is 10.2. The number of benzene rings is 2. The van der Waals surface area contributed by atoms with Crippen molar-refractivity contribution in [3.63, 3.8) is 0 Å². The number of hydrogen-bond acceptors (Lipinski definition) is 3. The summed E-state index contributed by atoms with van der Waals surface area (Å²) in [6, 6.07) is 11.2. The molecule has 3 nitrogen and oxygen atoms in total. The van der Waals surface area contributed by atoms with E-state index in [-0.39, 0.29) is 22.8 Å². The van der Waals surface area contributed by atoms with Crippen LogP contribution in [0.25, 0.3) is 0 Å². The van der Waals surface area contributed by atoms with E-state index in [1.165, 1.54) is 18.2 Å². The quantitative estimate of drug-likeness (QED) is 0.777. The Morgan fingerprint density at radius 2 is 1.47 bits per heavy atom. The van der Waals surface area contributed by atoms with Crippen molar-refractivity contribution in [3.8, 4) is 11.5 Å². The van der Waals surface area contributed by atoms with E-state index in [4.69, 9.17) is 0 Å². The minimum atomic E-state index is -0.388. The van der Waals surface area contributed by atoms with E-state index in [9.17, 15) is 15.0 Å². The van der Waals surface area contributed by atoms with E-state index in [2.05, 4.69) is 0 Å². The number of phenolic OH excluding ortho intramolecular Hbond substituents is 2. The molecule has 0 fully saturated rings. The predicted octanol–water partition coefficient (Wildman–Crippen LogP) is 2.64. The summed E-state index contributed by atoms with van der Waals surface area (Å²) in [5, 5.41) is 19.2. The molecular weight excluding hydrogens is 216 g/mol. The first-order valence-electron chi connectivity index (χ1n) is 5.22. The van der Waals surface area contributed by atoms with E-state index < -0.39 is 0 Å². The Balaban J connectivity index is 2.47. The molecule has 0 radical (unpaired) electrons. The number of aryl methyl sites for hydroxylation is 1. The Kier molecular flexibility index (Phi) is 2.83. The summed E-state index contributed by atoms with van der Waals surface area (Å²) < 4.78 is 0. The van der Waals surface area contributed by atoms with Gasteiger partial charge in [0.15, 0.2) is 5.78 Å². The van der Waals surface area contributed by atoms with Gasteiger partial charge in [0.05, 0.1) is 0 Å². The molecule has 0 bridgehead atoms. The van der Waals surface area contributed by atoms with Crippen molar-refractivity contribution in [2.24, 2.45) is 0 Å². The summed E-state index contributed by atoms with van der Waals surface area (Å²) in [6.07, 6.45) is 0. The van der Waals surface area contributed by atoms with E-state index in [0.717, 1.165) is 5.56 Å². The van der Waals surface area contributed by atoms with E-state index in [1.54, 1.807) is 12.1 Å². The zero-order valence-electron chi connectivity index (χ0n) is 9.34. The first-order chi connectivity index (χ1) is 8.09. The van der Waals surface area contributed by atoms with Crippen LogP contribution < -0.4 is 0 Å². The van der Waals surface area contributed by atoms with E-state index >= 15 is 0 Å². The van der Waals surface area contributed by atoms with Crippen molar-refractivity contribution in [2.45, 2.75) is 6.92 Å². The van der Waals surface area contributed by atoms with Crippen molar-refractivity contribution in [2.75, 3.05) is 0 Å². The van der Waals surface area contributed by atoms with Gasteiger partial charge < -0.3 is 10.2 Å². The summed E-state index contributed by atoms with van der Waals surface area (Å²) in [7, 11) is 0. The molecule has 0 aliphatic rings. The lowest BCUT2D eigenvalue weighted by Gasteiger charge is -2.06. The molecule has 2 N–H and O–H groups in total. The number of aromatic hydroxyl groups is 2. The van der Waals surface area contributed by atoms with Gasteiger partial charge in [0.1, 0.15) is 17.1 Å². The summed E-state index contributed by atoms with van der Waals surface area (Å²) in [5.74, 6) is -0.813. The van der Waals surface area contributed by atoms with Crippen LogP contribution in [0.2, 0.25) is 0 Å². The smallest absolute Gasteiger partial charge is 0.200 e. The van der Waals surface area contributed by atoms with Crippen LogP contribution >= 0.6 is 0 Å². The Hall–Kier alpha value is -2.29.